The Kier molecular flexibility index (Phi) is 7.78. The number of alkyl halides is 3. The van der Waals surface area contributed by atoms with E-state index in [1.54, 1.807) is 29.4 Å². The third-order valence-corrected chi connectivity index (χ3v) is 4.89. The molecule has 0 radical (unpaired) electrons. The van der Waals surface area contributed by atoms with E-state index in [0.29, 0.717) is 43.5 Å². The van der Waals surface area contributed by atoms with Gasteiger partial charge in [0, 0.05) is 44.8 Å². The Morgan fingerprint density at radius 1 is 1.24 bits per heavy atom. The average molecular weight is 430 g/mol. The van der Waals surface area contributed by atoms with Crippen LogP contribution in [0.2, 0.25) is 0 Å². The first-order valence-electron chi connectivity index (χ1n) is 9.23. The van der Waals surface area contributed by atoms with E-state index in [1.807, 2.05) is 11.8 Å². The number of piperidine rings is 1. The number of amides is 1. The van der Waals surface area contributed by atoms with Crippen molar-refractivity contribution in [3.63, 3.8) is 0 Å². The summed E-state index contributed by atoms with van der Waals surface area (Å²) in [7, 11) is 0. The van der Waals surface area contributed by atoms with Crippen LogP contribution in [0.3, 0.4) is 0 Å². The molecule has 1 amide bonds. The maximum absolute atomic E-state index is 12.8. The van der Waals surface area contributed by atoms with E-state index in [2.05, 4.69) is 15.0 Å². The highest BCUT2D eigenvalue weighted by Gasteiger charge is 2.35. The van der Waals surface area contributed by atoms with Crippen LogP contribution in [-0.4, -0.2) is 51.9 Å². The number of nitrogens with zero attached hydrogens (tertiary/aromatic N) is 5. The van der Waals surface area contributed by atoms with Crippen LogP contribution < -0.4 is 4.90 Å². The van der Waals surface area contributed by atoms with Gasteiger partial charge in [-0.25, -0.2) is 9.97 Å². The number of halogens is 4. The van der Waals surface area contributed by atoms with E-state index in [1.165, 1.54) is 6.07 Å². The van der Waals surface area contributed by atoms with Crippen molar-refractivity contribution in [3.8, 4) is 0 Å². The van der Waals surface area contributed by atoms with Crippen molar-refractivity contribution < 1.29 is 18.0 Å². The zero-order valence-electron chi connectivity index (χ0n) is 16.0. The van der Waals surface area contributed by atoms with Crippen molar-refractivity contribution in [1.29, 1.82) is 0 Å². The summed E-state index contributed by atoms with van der Waals surface area (Å²) >= 11 is 0. The Balaban J connectivity index is 0.00000300. The van der Waals surface area contributed by atoms with Gasteiger partial charge in [0.05, 0.1) is 5.56 Å². The zero-order chi connectivity index (χ0) is 20.1. The van der Waals surface area contributed by atoms with Crippen molar-refractivity contribution in [2.45, 2.75) is 25.9 Å². The summed E-state index contributed by atoms with van der Waals surface area (Å²) in [4.78, 5) is 27.2. The molecule has 0 bridgehead atoms. The number of rotatable bonds is 5. The normalized spacial score (nSPS) is 15.0. The predicted octanol–water partition coefficient (Wildman–Crippen LogP) is 3.69. The Morgan fingerprint density at radius 3 is 2.55 bits per heavy atom. The summed E-state index contributed by atoms with van der Waals surface area (Å²) in [5.41, 5.74) is 0.558. The van der Waals surface area contributed by atoms with Crippen molar-refractivity contribution >= 4 is 24.1 Å². The molecule has 6 nitrogen and oxygen atoms in total. The second-order valence-electron chi connectivity index (χ2n) is 6.75. The highest BCUT2D eigenvalue weighted by atomic mass is 35.5. The number of hydrogen-bond donors (Lipinski definition) is 0. The maximum atomic E-state index is 12.8. The molecule has 0 N–H and O–H groups in total. The Morgan fingerprint density at radius 2 is 1.97 bits per heavy atom. The molecule has 10 heteroatoms. The molecule has 0 unspecified atom stereocenters. The van der Waals surface area contributed by atoms with Crippen molar-refractivity contribution in [2.75, 3.05) is 31.1 Å². The topological polar surface area (TPSA) is 62.2 Å². The lowest BCUT2D eigenvalue weighted by molar-refractivity contribution is -0.144. The second kappa shape index (κ2) is 9.87. The molecule has 29 heavy (non-hydrogen) atoms. The van der Waals surface area contributed by atoms with E-state index in [4.69, 9.17) is 0 Å². The summed E-state index contributed by atoms with van der Waals surface area (Å²) in [6.45, 7) is 4.34. The molecule has 158 valence electrons. The Bertz CT molecular complexity index is 798. The number of carbonyl (C=O) groups excluding carboxylic acids is 1. The highest BCUT2D eigenvalue weighted by molar-refractivity contribution is 5.93. The number of pyridine rings is 1. The standard InChI is InChI=1S/C19H22F3N5O.ClH/c1-2-26(17(28)15-4-3-8-23-12-15)13-14-6-10-27(11-7-14)16-5-9-24-18(25-16)19(20,21)22;/h3-5,8-9,12,14H,2,6-7,10-11,13H2,1H3;1H. The molecule has 3 heterocycles. The van der Waals surface area contributed by atoms with Crippen LogP contribution in [0.1, 0.15) is 35.9 Å². The molecule has 0 atom stereocenters. The summed E-state index contributed by atoms with van der Waals surface area (Å²) in [5, 5.41) is 0. The van der Waals surface area contributed by atoms with Gasteiger partial charge in [-0.05, 0) is 43.9 Å². The van der Waals surface area contributed by atoms with Gasteiger partial charge in [0.15, 0.2) is 0 Å². The largest absolute Gasteiger partial charge is 0.451 e. The van der Waals surface area contributed by atoms with Gasteiger partial charge in [-0.3, -0.25) is 9.78 Å². The fourth-order valence-corrected chi connectivity index (χ4v) is 3.35. The fraction of sp³-hybridized carbons (Fsp3) is 0.474. The first-order valence-corrected chi connectivity index (χ1v) is 9.23. The maximum Gasteiger partial charge on any atom is 0.451 e. The number of aromatic nitrogens is 3. The van der Waals surface area contributed by atoms with Gasteiger partial charge < -0.3 is 9.80 Å². The van der Waals surface area contributed by atoms with E-state index < -0.39 is 12.0 Å². The van der Waals surface area contributed by atoms with E-state index in [0.717, 1.165) is 19.0 Å². The van der Waals surface area contributed by atoms with Crippen molar-refractivity contribution in [2.24, 2.45) is 5.92 Å². The first kappa shape index (κ1) is 22.9. The molecule has 2 aromatic rings. The molecule has 0 aromatic carbocycles. The number of carbonyl (C=O) groups is 1. The van der Waals surface area contributed by atoms with Crippen LogP contribution in [0, 0.1) is 5.92 Å². The van der Waals surface area contributed by atoms with Crippen molar-refractivity contribution in [3.05, 3.63) is 48.2 Å². The molecular weight excluding hydrogens is 407 g/mol. The molecule has 1 fully saturated rings. The van der Waals surface area contributed by atoms with E-state index in [-0.39, 0.29) is 18.3 Å². The average Bonchev–Trinajstić information content (AvgIpc) is 2.72. The molecule has 1 aliphatic rings. The zero-order valence-corrected chi connectivity index (χ0v) is 16.8. The van der Waals surface area contributed by atoms with Crippen LogP contribution in [0.15, 0.2) is 36.8 Å². The second-order valence-corrected chi connectivity index (χ2v) is 6.75. The summed E-state index contributed by atoms with van der Waals surface area (Å²) in [5.74, 6) is -0.588. The van der Waals surface area contributed by atoms with Gasteiger partial charge in [0.2, 0.25) is 5.82 Å². The third-order valence-electron chi connectivity index (χ3n) is 4.89. The van der Waals surface area contributed by atoms with Gasteiger partial charge in [-0.2, -0.15) is 13.2 Å². The van der Waals surface area contributed by atoms with E-state index >= 15 is 0 Å². The minimum absolute atomic E-state index is 0. The molecule has 0 spiro atoms. The SMILES string of the molecule is CCN(CC1CCN(c2ccnc(C(F)(F)F)n2)CC1)C(=O)c1cccnc1.Cl. The number of hydrogen-bond acceptors (Lipinski definition) is 5. The Hall–Kier alpha value is -2.42. The van der Waals surface area contributed by atoms with Crippen molar-refractivity contribution in [1.82, 2.24) is 19.9 Å². The lowest BCUT2D eigenvalue weighted by atomic mass is 9.96. The summed E-state index contributed by atoms with van der Waals surface area (Å²) in [6.07, 6.45) is 1.33. The minimum atomic E-state index is -4.55. The van der Waals surface area contributed by atoms with E-state index in [9.17, 15) is 18.0 Å². The minimum Gasteiger partial charge on any atom is -0.356 e. The van der Waals surface area contributed by atoms with Crippen LogP contribution in [0.5, 0.6) is 0 Å². The molecule has 0 aliphatic carbocycles. The predicted molar refractivity (Wildman–Crippen MR) is 105 cm³/mol. The fourth-order valence-electron chi connectivity index (χ4n) is 3.35. The monoisotopic (exact) mass is 429 g/mol. The lowest BCUT2D eigenvalue weighted by Crippen LogP contribution is -2.41. The van der Waals surface area contributed by atoms with Crippen LogP contribution in [0.4, 0.5) is 19.0 Å². The molecule has 1 saturated heterocycles. The van der Waals surface area contributed by atoms with Gasteiger partial charge in [-0.1, -0.05) is 0 Å². The van der Waals surface area contributed by atoms with Gasteiger partial charge in [0.25, 0.3) is 5.91 Å². The van der Waals surface area contributed by atoms with Gasteiger partial charge in [-0.15, -0.1) is 12.4 Å². The van der Waals surface area contributed by atoms with Crippen LogP contribution >= 0.6 is 12.4 Å². The quantitative estimate of drug-likeness (QED) is 0.725. The molecule has 3 rings (SSSR count). The molecule has 2 aromatic heterocycles. The molecule has 1 aliphatic heterocycles. The van der Waals surface area contributed by atoms with Crippen LogP contribution in [-0.2, 0) is 6.18 Å². The molecule has 0 saturated carbocycles. The lowest BCUT2D eigenvalue weighted by Gasteiger charge is -2.35. The number of anilines is 1. The first-order chi connectivity index (χ1) is 13.4. The van der Waals surface area contributed by atoms with Gasteiger partial charge >= 0.3 is 6.18 Å². The van der Waals surface area contributed by atoms with Gasteiger partial charge in [0.1, 0.15) is 5.82 Å². The smallest absolute Gasteiger partial charge is 0.356 e. The van der Waals surface area contributed by atoms with Crippen LogP contribution in [0.25, 0.3) is 0 Å². The third kappa shape index (κ3) is 5.79. The Labute approximate surface area is 173 Å². The molecular formula is C19H23ClF3N5O. The summed E-state index contributed by atoms with van der Waals surface area (Å²) < 4.78 is 38.4. The highest BCUT2D eigenvalue weighted by Crippen LogP contribution is 2.28. The summed E-state index contributed by atoms with van der Waals surface area (Å²) in [6, 6.07) is 4.98.